The van der Waals surface area contributed by atoms with Crippen LogP contribution in [0.4, 0.5) is 11.4 Å². The highest BCUT2D eigenvalue weighted by atomic mass is 16.2. The number of anilines is 2. The number of benzene rings is 3. The summed E-state index contributed by atoms with van der Waals surface area (Å²) in [6, 6.07) is 22.6. The van der Waals surface area contributed by atoms with Crippen LogP contribution < -0.4 is 15.5 Å². The summed E-state index contributed by atoms with van der Waals surface area (Å²) in [5.41, 5.74) is 5.85. The van der Waals surface area contributed by atoms with Crippen molar-refractivity contribution in [1.82, 2.24) is 14.8 Å². The number of aromatic nitrogens is 1. The van der Waals surface area contributed by atoms with Crippen molar-refractivity contribution in [3.63, 3.8) is 0 Å². The van der Waals surface area contributed by atoms with E-state index in [1.807, 2.05) is 59.0 Å². The maximum absolute atomic E-state index is 13.5. The van der Waals surface area contributed by atoms with Crippen LogP contribution in [0.2, 0.25) is 0 Å². The molecule has 2 aliphatic rings. The minimum atomic E-state index is -0.307. The van der Waals surface area contributed by atoms with Gasteiger partial charge in [-0.3, -0.25) is 14.4 Å². The van der Waals surface area contributed by atoms with Gasteiger partial charge in [0.25, 0.3) is 11.8 Å². The highest BCUT2D eigenvalue weighted by molar-refractivity contribution is 6.03. The summed E-state index contributed by atoms with van der Waals surface area (Å²) >= 11 is 0. The maximum atomic E-state index is 13.5. The molecule has 8 nitrogen and oxygen atoms in total. The van der Waals surface area contributed by atoms with Gasteiger partial charge in [0.1, 0.15) is 12.7 Å². The third kappa shape index (κ3) is 3.64. The molecule has 0 aliphatic carbocycles. The third-order valence-electron chi connectivity index (χ3n) is 7.36. The van der Waals surface area contributed by atoms with Gasteiger partial charge in [-0.1, -0.05) is 30.3 Å². The molecule has 0 bridgehead atoms. The van der Waals surface area contributed by atoms with Gasteiger partial charge in [0, 0.05) is 42.8 Å². The van der Waals surface area contributed by atoms with Gasteiger partial charge in [-0.25, -0.2) is 0 Å². The van der Waals surface area contributed by atoms with Gasteiger partial charge in [-0.15, -0.1) is 0 Å². The van der Waals surface area contributed by atoms with Crippen LogP contribution in [-0.4, -0.2) is 47.8 Å². The molecule has 2 aliphatic heterocycles. The Morgan fingerprint density at radius 2 is 1.70 bits per heavy atom. The SMILES string of the molecule is CNC(=O)c1ccc(NC(=O)Cn2c3c(c4ccccc42)CCN2C(=O)c4ccccc4N(C)C32)cc1. The molecule has 1 aromatic heterocycles. The van der Waals surface area contributed by atoms with Gasteiger partial charge in [0.05, 0.1) is 16.9 Å². The average molecular weight is 494 g/mol. The number of hydrogen-bond donors (Lipinski definition) is 2. The number of carbonyl (C=O) groups excluding carboxylic acids is 3. The van der Waals surface area contributed by atoms with Crippen molar-refractivity contribution >= 4 is 40.0 Å². The maximum Gasteiger partial charge on any atom is 0.257 e. The largest absolute Gasteiger partial charge is 0.355 e. The lowest BCUT2D eigenvalue weighted by atomic mass is 9.96. The zero-order chi connectivity index (χ0) is 25.7. The quantitative estimate of drug-likeness (QED) is 0.453. The van der Waals surface area contributed by atoms with Gasteiger partial charge in [0.2, 0.25) is 5.91 Å². The average Bonchev–Trinajstić information content (AvgIpc) is 3.24. The highest BCUT2D eigenvalue weighted by Crippen LogP contribution is 2.44. The van der Waals surface area contributed by atoms with Crippen molar-refractivity contribution in [3.8, 4) is 0 Å². The van der Waals surface area contributed by atoms with Gasteiger partial charge in [0.15, 0.2) is 0 Å². The Labute approximate surface area is 214 Å². The number of amides is 3. The summed E-state index contributed by atoms with van der Waals surface area (Å²) in [7, 11) is 3.59. The van der Waals surface area contributed by atoms with E-state index in [1.54, 1.807) is 31.3 Å². The van der Waals surface area contributed by atoms with E-state index in [0.29, 0.717) is 23.4 Å². The number of rotatable bonds is 4. The normalized spacial score (nSPS) is 16.2. The summed E-state index contributed by atoms with van der Waals surface area (Å²) in [4.78, 5) is 42.6. The topological polar surface area (TPSA) is 86.7 Å². The van der Waals surface area contributed by atoms with Crippen molar-refractivity contribution < 1.29 is 14.4 Å². The molecule has 186 valence electrons. The predicted octanol–water partition coefficient (Wildman–Crippen LogP) is 3.79. The third-order valence-corrected chi connectivity index (χ3v) is 7.36. The molecule has 1 unspecified atom stereocenters. The lowest BCUT2D eigenvalue weighted by Crippen LogP contribution is -2.51. The molecule has 2 N–H and O–H groups in total. The second-order valence-corrected chi connectivity index (χ2v) is 9.42. The monoisotopic (exact) mass is 493 g/mol. The summed E-state index contributed by atoms with van der Waals surface area (Å²) in [5, 5.41) is 6.66. The first-order valence-electron chi connectivity index (χ1n) is 12.3. The summed E-state index contributed by atoms with van der Waals surface area (Å²) in [6.45, 7) is 0.716. The van der Waals surface area contributed by atoms with Crippen molar-refractivity contribution in [2.45, 2.75) is 19.1 Å². The van der Waals surface area contributed by atoms with E-state index in [2.05, 4.69) is 21.6 Å². The minimum Gasteiger partial charge on any atom is -0.355 e. The van der Waals surface area contributed by atoms with Crippen LogP contribution in [0.3, 0.4) is 0 Å². The van der Waals surface area contributed by atoms with E-state index in [-0.39, 0.29) is 30.4 Å². The number of hydrogen-bond acceptors (Lipinski definition) is 4. The first-order chi connectivity index (χ1) is 18.0. The predicted molar refractivity (Wildman–Crippen MR) is 143 cm³/mol. The number of nitrogens with zero attached hydrogens (tertiary/aromatic N) is 3. The molecule has 0 spiro atoms. The molecule has 3 amide bonds. The molecule has 1 atom stereocenters. The van der Waals surface area contributed by atoms with E-state index < -0.39 is 0 Å². The van der Waals surface area contributed by atoms with E-state index in [0.717, 1.165) is 28.7 Å². The molecule has 0 radical (unpaired) electrons. The van der Waals surface area contributed by atoms with E-state index in [1.165, 1.54) is 5.56 Å². The second-order valence-electron chi connectivity index (χ2n) is 9.42. The second kappa shape index (κ2) is 8.81. The molecule has 37 heavy (non-hydrogen) atoms. The number of fused-ring (bicyclic) bond motifs is 6. The van der Waals surface area contributed by atoms with Crippen molar-refractivity contribution in [3.05, 3.63) is 95.2 Å². The molecule has 8 heteroatoms. The van der Waals surface area contributed by atoms with Crippen molar-refractivity contribution in [2.24, 2.45) is 0 Å². The van der Waals surface area contributed by atoms with Gasteiger partial charge in [-0.05, 0) is 54.4 Å². The van der Waals surface area contributed by atoms with Crippen LogP contribution in [0, 0.1) is 0 Å². The Balaban J connectivity index is 1.38. The standard InChI is InChI=1S/C29H27N5O3/c1-30-27(36)18-11-13-19(14-12-18)31-25(35)17-34-24-10-6-3-7-20(24)21-15-16-33-28(26(21)34)32(2)23-9-5-4-8-22(23)29(33)37/h3-14,28H,15-17H2,1-2H3,(H,30,36)(H,31,35). The molecule has 0 fully saturated rings. The van der Waals surface area contributed by atoms with Crippen LogP contribution in [-0.2, 0) is 17.8 Å². The fourth-order valence-electron chi connectivity index (χ4n) is 5.67. The zero-order valence-corrected chi connectivity index (χ0v) is 20.7. The Kier molecular flexibility index (Phi) is 5.44. The molecule has 0 saturated carbocycles. The lowest BCUT2D eigenvalue weighted by molar-refractivity contribution is -0.116. The van der Waals surface area contributed by atoms with Crippen molar-refractivity contribution in [1.29, 1.82) is 0 Å². The van der Waals surface area contributed by atoms with Crippen LogP contribution in [0.1, 0.15) is 38.1 Å². The van der Waals surface area contributed by atoms with E-state index >= 15 is 0 Å². The molecule has 4 aromatic rings. The minimum absolute atomic E-state index is 0.0156. The number of para-hydroxylation sites is 2. The lowest BCUT2D eigenvalue weighted by Gasteiger charge is -2.46. The Morgan fingerprint density at radius 1 is 0.973 bits per heavy atom. The number of nitrogens with one attached hydrogen (secondary N) is 2. The zero-order valence-electron chi connectivity index (χ0n) is 20.7. The van der Waals surface area contributed by atoms with Crippen LogP contribution in [0.15, 0.2) is 72.8 Å². The fraction of sp³-hybridized carbons (Fsp3) is 0.207. The molecule has 3 aromatic carbocycles. The molecular formula is C29H27N5O3. The first kappa shape index (κ1) is 22.8. The molecule has 6 rings (SSSR count). The molecule has 0 saturated heterocycles. The molecular weight excluding hydrogens is 466 g/mol. The Bertz CT molecular complexity index is 1560. The fourth-order valence-corrected chi connectivity index (χ4v) is 5.67. The molecule has 3 heterocycles. The van der Waals surface area contributed by atoms with E-state index in [9.17, 15) is 14.4 Å². The van der Waals surface area contributed by atoms with Gasteiger partial charge in [-0.2, -0.15) is 0 Å². The van der Waals surface area contributed by atoms with Gasteiger partial charge >= 0.3 is 0 Å². The Morgan fingerprint density at radius 3 is 2.49 bits per heavy atom. The van der Waals surface area contributed by atoms with Crippen molar-refractivity contribution in [2.75, 3.05) is 30.9 Å². The first-order valence-corrected chi connectivity index (χ1v) is 12.3. The summed E-state index contributed by atoms with van der Waals surface area (Å²) < 4.78 is 2.05. The smallest absolute Gasteiger partial charge is 0.257 e. The van der Waals surface area contributed by atoms with Gasteiger partial charge < -0.3 is 25.0 Å². The van der Waals surface area contributed by atoms with E-state index in [4.69, 9.17) is 0 Å². The Hall–Kier alpha value is -4.59. The number of carbonyl (C=O) groups is 3. The van der Waals surface area contributed by atoms with Crippen LogP contribution >= 0.6 is 0 Å². The highest BCUT2D eigenvalue weighted by Gasteiger charge is 2.42. The van der Waals surface area contributed by atoms with Crippen LogP contribution in [0.5, 0.6) is 0 Å². The summed E-state index contributed by atoms with van der Waals surface area (Å²) in [6.07, 6.45) is 0.419. The summed E-state index contributed by atoms with van der Waals surface area (Å²) in [5.74, 6) is -0.346. The van der Waals surface area contributed by atoms with Crippen LogP contribution in [0.25, 0.3) is 10.9 Å².